The summed E-state index contributed by atoms with van der Waals surface area (Å²) in [7, 11) is 1.92. The number of benzene rings is 2. The van der Waals surface area contributed by atoms with E-state index in [1.165, 1.54) is 11.6 Å². The summed E-state index contributed by atoms with van der Waals surface area (Å²) < 4.78 is 19.3. The third-order valence-electron chi connectivity index (χ3n) is 3.60. The van der Waals surface area contributed by atoms with Gasteiger partial charge in [0, 0.05) is 17.0 Å². The Kier molecular flexibility index (Phi) is 3.28. The summed E-state index contributed by atoms with van der Waals surface area (Å²) in [6, 6.07) is 15.2. The van der Waals surface area contributed by atoms with E-state index in [0.717, 1.165) is 10.9 Å². The van der Waals surface area contributed by atoms with Gasteiger partial charge >= 0.3 is 0 Å². The average Bonchev–Trinajstić information content (AvgIpc) is 2.92. The maximum Gasteiger partial charge on any atom is 0.170 e. The smallest absolute Gasteiger partial charge is 0.170 e. The van der Waals surface area contributed by atoms with Crippen LogP contribution in [0.4, 0.5) is 4.39 Å². The average molecular weight is 269 g/mol. The monoisotopic (exact) mass is 269 g/mol. The summed E-state index contributed by atoms with van der Waals surface area (Å²) in [4.78, 5) is 0. The van der Waals surface area contributed by atoms with Crippen LogP contribution in [0, 0.1) is 5.82 Å². The second-order valence-corrected chi connectivity index (χ2v) is 4.90. The first-order valence-corrected chi connectivity index (χ1v) is 6.64. The molecule has 0 aliphatic rings. The molecule has 0 aliphatic carbocycles. The Morgan fingerprint density at radius 2 is 1.90 bits per heavy atom. The van der Waals surface area contributed by atoms with Crippen LogP contribution in [0.2, 0.25) is 0 Å². The van der Waals surface area contributed by atoms with E-state index in [4.69, 9.17) is 4.42 Å². The number of hydrogen-bond donors (Lipinski definition) is 1. The lowest BCUT2D eigenvalue weighted by atomic mass is 10.0. The minimum Gasteiger partial charge on any atom is -0.453 e. The van der Waals surface area contributed by atoms with Crippen LogP contribution in [-0.4, -0.2) is 7.05 Å². The van der Waals surface area contributed by atoms with Crippen molar-refractivity contribution in [1.29, 1.82) is 0 Å². The fourth-order valence-electron chi connectivity index (χ4n) is 2.30. The standard InChI is InChI=1S/C17H16FNO/c1-11(19-2)12-5-3-6-13(9-12)16-10-14-7-4-8-15(18)17(14)20-16/h3-11,19H,1-2H3. The Bertz CT molecular complexity index is 748. The largest absolute Gasteiger partial charge is 0.453 e. The SMILES string of the molecule is CNC(C)c1cccc(-c2cc3cccc(F)c3o2)c1. The molecule has 2 aromatic carbocycles. The van der Waals surface area contributed by atoms with Crippen LogP contribution in [-0.2, 0) is 0 Å². The zero-order valence-electron chi connectivity index (χ0n) is 11.5. The molecular formula is C17H16FNO. The molecule has 1 aromatic heterocycles. The fourth-order valence-corrected chi connectivity index (χ4v) is 2.30. The van der Waals surface area contributed by atoms with E-state index in [1.54, 1.807) is 6.07 Å². The highest BCUT2D eigenvalue weighted by atomic mass is 19.1. The highest BCUT2D eigenvalue weighted by Gasteiger charge is 2.11. The van der Waals surface area contributed by atoms with Crippen molar-refractivity contribution in [2.45, 2.75) is 13.0 Å². The first kappa shape index (κ1) is 12.9. The number of fused-ring (bicyclic) bond motifs is 1. The third kappa shape index (κ3) is 2.21. The number of hydrogen-bond acceptors (Lipinski definition) is 2. The van der Waals surface area contributed by atoms with Gasteiger partial charge in [-0.2, -0.15) is 0 Å². The molecular weight excluding hydrogens is 253 g/mol. The molecule has 0 radical (unpaired) electrons. The molecule has 102 valence electrons. The van der Waals surface area contributed by atoms with Crippen molar-refractivity contribution in [3.05, 3.63) is 59.9 Å². The molecule has 0 spiro atoms. The fraction of sp³-hybridized carbons (Fsp3) is 0.176. The van der Waals surface area contributed by atoms with E-state index in [9.17, 15) is 4.39 Å². The van der Waals surface area contributed by atoms with Gasteiger partial charge in [0.15, 0.2) is 11.4 Å². The van der Waals surface area contributed by atoms with Crippen molar-refractivity contribution >= 4 is 11.0 Å². The minimum atomic E-state index is -0.325. The number of nitrogens with one attached hydrogen (secondary N) is 1. The molecule has 1 heterocycles. The van der Waals surface area contributed by atoms with Crippen LogP contribution in [0.15, 0.2) is 52.9 Å². The summed E-state index contributed by atoms with van der Waals surface area (Å²) in [6.07, 6.45) is 0. The lowest BCUT2D eigenvalue weighted by molar-refractivity contribution is 0.568. The third-order valence-corrected chi connectivity index (χ3v) is 3.60. The Morgan fingerprint density at radius 1 is 1.10 bits per heavy atom. The van der Waals surface area contributed by atoms with Crippen LogP contribution >= 0.6 is 0 Å². The molecule has 1 atom stereocenters. The zero-order chi connectivity index (χ0) is 14.1. The highest BCUT2D eigenvalue weighted by Crippen LogP contribution is 2.30. The van der Waals surface area contributed by atoms with Gasteiger partial charge in [-0.1, -0.05) is 30.3 Å². The van der Waals surface area contributed by atoms with Crippen molar-refractivity contribution in [3.63, 3.8) is 0 Å². The van der Waals surface area contributed by atoms with Crippen LogP contribution < -0.4 is 5.32 Å². The topological polar surface area (TPSA) is 25.2 Å². The van der Waals surface area contributed by atoms with E-state index in [2.05, 4.69) is 24.4 Å². The summed E-state index contributed by atoms with van der Waals surface area (Å²) in [5.41, 5.74) is 2.45. The van der Waals surface area contributed by atoms with Gasteiger partial charge in [-0.15, -0.1) is 0 Å². The molecule has 0 fully saturated rings. The van der Waals surface area contributed by atoms with Gasteiger partial charge in [0.2, 0.25) is 0 Å². The predicted octanol–water partition coefficient (Wildman–Crippen LogP) is 4.52. The van der Waals surface area contributed by atoms with Crippen molar-refractivity contribution in [2.75, 3.05) is 7.05 Å². The number of halogens is 1. The van der Waals surface area contributed by atoms with Gasteiger partial charge in [-0.3, -0.25) is 0 Å². The molecule has 0 saturated heterocycles. The summed E-state index contributed by atoms with van der Waals surface area (Å²) in [5.74, 6) is 0.365. The van der Waals surface area contributed by atoms with E-state index >= 15 is 0 Å². The van der Waals surface area contributed by atoms with Crippen LogP contribution in [0.5, 0.6) is 0 Å². The summed E-state index contributed by atoms with van der Waals surface area (Å²) in [6.45, 7) is 2.09. The van der Waals surface area contributed by atoms with Crippen molar-refractivity contribution < 1.29 is 8.81 Å². The van der Waals surface area contributed by atoms with E-state index in [1.807, 2.05) is 31.3 Å². The summed E-state index contributed by atoms with van der Waals surface area (Å²) in [5, 5.41) is 3.99. The van der Waals surface area contributed by atoms with Gasteiger partial charge in [0.1, 0.15) is 5.76 Å². The second-order valence-electron chi connectivity index (χ2n) is 4.90. The van der Waals surface area contributed by atoms with Gasteiger partial charge in [0.25, 0.3) is 0 Å². The molecule has 0 bridgehead atoms. The molecule has 1 N–H and O–H groups in total. The Labute approximate surface area is 117 Å². The molecule has 3 heteroatoms. The van der Waals surface area contributed by atoms with Crippen molar-refractivity contribution in [1.82, 2.24) is 5.32 Å². The maximum absolute atomic E-state index is 13.7. The van der Waals surface area contributed by atoms with E-state index in [-0.39, 0.29) is 11.9 Å². The molecule has 1 unspecified atom stereocenters. The van der Waals surface area contributed by atoms with E-state index in [0.29, 0.717) is 11.3 Å². The van der Waals surface area contributed by atoms with Crippen molar-refractivity contribution in [2.24, 2.45) is 0 Å². The van der Waals surface area contributed by atoms with Gasteiger partial charge in [0.05, 0.1) is 0 Å². The van der Waals surface area contributed by atoms with Crippen molar-refractivity contribution in [3.8, 4) is 11.3 Å². The first-order chi connectivity index (χ1) is 9.69. The molecule has 2 nitrogen and oxygen atoms in total. The number of para-hydroxylation sites is 1. The predicted molar refractivity (Wildman–Crippen MR) is 79.1 cm³/mol. The van der Waals surface area contributed by atoms with Crippen LogP contribution in [0.3, 0.4) is 0 Å². The molecule has 0 saturated carbocycles. The number of rotatable bonds is 3. The van der Waals surface area contributed by atoms with Crippen LogP contribution in [0.25, 0.3) is 22.3 Å². The first-order valence-electron chi connectivity index (χ1n) is 6.64. The highest BCUT2D eigenvalue weighted by molar-refractivity contribution is 5.83. The van der Waals surface area contributed by atoms with Gasteiger partial charge in [-0.25, -0.2) is 4.39 Å². The molecule has 0 amide bonds. The normalized spacial score (nSPS) is 12.8. The minimum absolute atomic E-state index is 0.260. The Hall–Kier alpha value is -2.13. The lowest BCUT2D eigenvalue weighted by Crippen LogP contribution is -2.11. The van der Waals surface area contributed by atoms with Gasteiger partial charge < -0.3 is 9.73 Å². The quantitative estimate of drug-likeness (QED) is 0.756. The summed E-state index contributed by atoms with van der Waals surface area (Å²) >= 11 is 0. The zero-order valence-corrected chi connectivity index (χ0v) is 11.5. The molecule has 3 rings (SSSR count). The van der Waals surface area contributed by atoms with Gasteiger partial charge in [-0.05, 0) is 37.7 Å². The van der Waals surface area contributed by atoms with Crippen LogP contribution in [0.1, 0.15) is 18.5 Å². The number of furan rings is 1. The Balaban J connectivity index is 2.09. The van der Waals surface area contributed by atoms with E-state index < -0.39 is 0 Å². The molecule has 20 heavy (non-hydrogen) atoms. The lowest BCUT2D eigenvalue weighted by Gasteiger charge is -2.11. The molecule has 0 aliphatic heterocycles. The molecule has 3 aromatic rings. The maximum atomic E-state index is 13.7. The second kappa shape index (κ2) is 5.10. The Morgan fingerprint density at radius 3 is 2.65 bits per heavy atom.